The number of nitriles is 1. The Morgan fingerprint density at radius 3 is 2.56 bits per heavy atom. The van der Waals surface area contributed by atoms with Crippen molar-refractivity contribution in [3.05, 3.63) is 33.4 Å². The van der Waals surface area contributed by atoms with E-state index >= 15 is 0 Å². The Kier molecular flexibility index (Phi) is 3.49. The van der Waals surface area contributed by atoms with E-state index in [9.17, 15) is 25.1 Å². The largest absolute Gasteiger partial charge is 0.504 e. The van der Waals surface area contributed by atoms with Crippen LogP contribution < -0.4 is 5.73 Å². The average Bonchev–Trinajstić information content (AvgIpc) is 2.29. The molecule has 4 N–H and O–H groups in total. The first-order valence-electron chi connectivity index (χ1n) is 4.48. The van der Waals surface area contributed by atoms with Gasteiger partial charge in [0.25, 0.3) is 5.91 Å². The molecule has 92 valence electrons. The van der Waals surface area contributed by atoms with E-state index in [1.807, 2.05) is 0 Å². The van der Waals surface area contributed by atoms with Gasteiger partial charge in [0, 0.05) is 6.07 Å². The lowest BCUT2D eigenvalue weighted by Crippen LogP contribution is -2.12. The number of carbonyl (C=O) groups excluding carboxylic acids is 1. The molecule has 0 aliphatic rings. The highest BCUT2D eigenvalue weighted by atomic mass is 16.6. The van der Waals surface area contributed by atoms with Gasteiger partial charge in [0.15, 0.2) is 5.75 Å². The summed E-state index contributed by atoms with van der Waals surface area (Å²) in [7, 11) is 0. The Morgan fingerprint density at radius 1 is 1.50 bits per heavy atom. The fraction of sp³-hybridized carbons (Fsp3) is 0. The van der Waals surface area contributed by atoms with Crippen LogP contribution in [0.1, 0.15) is 5.56 Å². The van der Waals surface area contributed by atoms with Gasteiger partial charge in [-0.25, -0.2) is 0 Å². The Hall–Kier alpha value is -3.08. The third kappa shape index (κ3) is 2.53. The second-order valence-corrected chi connectivity index (χ2v) is 3.20. The highest BCUT2D eigenvalue weighted by Crippen LogP contribution is 2.36. The molecule has 1 amide bonds. The summed E-state index contributed by atoms with van der Waals surface area (Å²) >= 11 is 0. The molecule has 1 aromatic carbocycles. The maximum absolute atomic E-state index is 10.8. The topological polar surface area (TPSA) is 150 Å². The minimum atomic E-state index is -1.01. The van der Waals surface area contributed by atoms with Gasteiger partial charge < -0.3 is 15.9 Å². The molecule has 0 fully saturated rings. The normalized spacial score (nSPS) is 10.7. The number of nitro benzene ring substituents is 1. The molecule has 0 radical (unpaired) electrons. The monoisotopic (exact) mass is 249 g/mol. The number of phenolic OH excluding ortho intramolecular Hbond substituents is 2. The van der Waals surface area contributed by atoms with Crippen molar-refractivity contribution in [1.82, 2.24) is 0 Å². The Labute approximate surface area is 100 Å². The molecule has 1 aromatic rings. The fourth-order valence-electron chi connectivity index (χ4n) is 1.17. The molecule has 0 aromatic heterocycles. The smallest absolute Gasteiger partial charge is 0.315 e. The molecular weight excluding hydrogens is 242 g/mol. The zero-order valence-electron chi connectivity index (χ0n) is 8.82. The average molecular weight is 249 g/mol. The summed E-state index contributed by atoms with van der Waals surface area (Å²) in [6.07, 6.45) is 0.967. The lowest BCUT2D eigenvalue weighted by molar-refractivity contribution is -0.386. The number of amides is 1. The van der Waals surface area contributed by atoms with Gasteiger partial charge in [0.1, 0.15) is 11.6 Å². The molecule has 0 unspecified atom stereocenters. The molecular formula is C10H7N3O5. The third-order valence-corrected chi connectivity index (χ3v) is 1.99. The highest BCUT2D eigenvalue weighted by Gasteiger charge is 2.18. The number of nitro groups is 1. The number of hydrogen-bond acceptors (Lipinski definition) is 6. The van der Waals surface area contributed by atoms with Crippen molar-refractivity contribution in [1.29, 1.82) is 5.26 Å². The number of benzene rings is 1. The van der Waals surface area contributed by atoms with E-state index in [-0.39, 0.29) is 5.56 Å². The number of hydrogen-bond donors (Lipinski definition) is 3. The minimum absolute atomic E-state index is 0.00708. The van der Waals surface area contributed by atoms with Gasteiger partial charge in [-0.15, -0.1) is 0 Å². The van der Waals surface area contributed by atoms with E-state index in [4.69, 9.17) is 11.0 Å². The van der Waals surface area contributed by atoms with Crippen LogP contribution in [-0.2, 0) is 4.79 Å². The van der Waals surface area contributed by atoms with Gasteiger partial charge >= 0.3 is 5.69 Å². The SMILES string of the molecule is N#C/C(=C/c1cc(O)c(O)c([N+](=O)[O-])c1)C(N)=O. The predicted octanol–water partition coefficient (Wildman–Crippen LogP) is 0.398. The van der Waals surface area contributed by atoms with E-state index in [1.54, 1.807) is 0 Å². The first-order valence-corrected chi connectivity index (χ1v) is 4.48. The molecule has 1 rings (SSSR count). The summed E-state index contributed by atoms with van der Waals surface area (Å²) in [6, 6.07) is 3.36. The van der Waals surface area contributed by atoms with Gasteiger partial charge in [-0.05, 0) is 17.7 Å². The number of nitrogens with two attached hydrogens (primary N) is 1. The van der Waals surface area contributed by atoms with Crippen molar-refractivity contribution in [3.8, 4) is 17.6 Å². The Balaban J connectivity index is 3.41. The Bertz CT molecular complexity index is 600. The predicted molar refractivity (Wildman–Crippen MR) is 59.2 cm³/mol. The van der Waals surface area contributed by atoms with Crippen LogP contribution in [-0.4, -0.2) is 21.0 Å². The molecule has 0 bridgehead atoms. The van der Waals surface area contributed by atoms with Gasteiger partial charge in [-0.2, -0.15) is 5.26 Å². The quantitative estimate of drug-likeness (QED) is 0.232. The van der Waals surface area contributed by atoms with Crippen molar-refractivity contribution >= 4 is 17.7 Å². The van der Waals surface area contributed by atoms with Gasteiger partial charge in [0.2, 0.25) is 5.75 Å². The number of nitrogens with zero attached hydrogens (tertiary/aromatic N) is 2. The summed E-state index contributed by atoms with van der Waals surface area (Å²) in [4.78, 5) is 20.4. The van der Waals surface area contributed by atoms with E-state index in [0.717, 1.165) is 18.2 Å². The maximum Gasteiger partial charge on any atom is 0.315 e. The summed E-state index contributed by atoms with van der Waals surface area (Å²) in [5.74, 6) is -2.64. The number of phenols is 2. The molecule has 0 aliphatic carbocycles. The molecule has 0 saturated heterocycles. The Morgan fingerprint density at radius 2 is 2.11 bits per heavy atom. The summed E-state index contributed by atoms with van der Waals surface area (Å²) in [5, 5.41) is 37.7. The number of carbonyl (C=O) groups is 1. The van der Waals surface area contributed by atoms with Crippen molar-refractivity contribution in [3.63, 3.8) is 0 Å². The third-order valence-electron chi connectivity index (χ3n) is 1.99. The number of aromatic hydroxyl groups is 2. The maximum atomic E-state index is 10.8. The van der Waals surface area contributed by atoms with Gasteiger partial charge in [-0.1, -0.05) is 0 Å². The van der Waals surface area contributed by atoms with Crippen LogP contribution in [0.25, 0.3) is 6.08 Å². The van der Waals surface area contributed by atoms with Gasteiger partial charge in [-0.3, -0.25) is 14.9 Å². The van der Waals surface area contributed by atoms with Crippen molar-refractivity contribution in [2.45, 2.75) is 0 Å². The summed E-state index contributed by atoms with van der Waals surface area (Å²) in [5.41, 5.74) is 3.70. The second kappa shape index (κ2) is 4.84. The van der Waals surface area contributed by atoms with Crippen LogP contribution in [0.5, 0.6) is 11.5 Å². The molecule has 0 aliphatic heterocycles. The molecule has 8 heteroatoms. The van der Waals surface area contributed by atoms with E-state index < -0.39 is 33.6 Å². The van der Waals surface area contributed by atoms with Gasteiger partial charge in [0.05, 0.1) is 4.92 Å². The van der Waals surface area contributed by atoms with Crippen LogP contribution in [0.4, 0.5) is 5.69 Å². The van der Waals surface area contributed by atoms with Crippen LogP contribution >= 0.6 is 0 Å². The molecule has 0 saturated carbocycles. The summed E-state index contributed by atoms with van der Waals surface area (Å²) in [6.45, 7) is 0. The first-order chi connectivity index (χ1) is 8.36. The zero-order valence-corrected chi connectivity index (χ0v) is 8.82. The lowest BCUT2D eigenvalue weighted by Gasteiger charge is -2.01. The van der Waals surface area contributed by atoms with E-state index in [0.29, 0.717) is 0 Å². The van der Waals surface area contributed by atoms with E-state index in [2.05, 4.69) is 0 Å². The molecule has 8 nitrogen and oxygen atoms in total. The van der Waals surface area contributed by atoms with Crippen LogP contribution in [0, 0.1) is 21.4 Å². The fourth-order valence-corrected chi connectivity index (χ4v) is 1.17. The zero-order chi connectivity index (χ0) is 13.9. The molecule has 0 spiro atoms. The first kappa shape index (κ1) is 13.0. The lowest BCUT2D eigenvalue weighted by atomic mass is 10.1. The number of rotatable bonds is 3. The summed E-state index contributed by atoms with van der Waals surface area (Å²) < 4.78 is 0. The van der Waals surface area contributed by atoms with Crippen LogP contribution in [0.15, 0.2) is 17.7 Å². The highest BCUT2D eigenvalue weighted by molar-refractivity contribution is 6.00. The minimum Gasteiger partial charge on any atom is -0.504 e. The van der Waals surface area contributed by atoms with Crippen LogP contribution in [0.2, 0.25) is 0 Å². The molecule has 18 heavy (non-hydrogen) atoms. The molecule has 0 heterocycles. The van der Waals surface area contributed by atoms with Crippen molar-refractivity contribution < 1.29 is 19.9 Å². The van der Waals surface area contributed by atoms with Crippen LogP contribution in [0.3, 0.4) is 0 Å². The van der Waals surface area contributed by atoms with E-state index in [1.165, 1.54) is 6.07 Å². The van der Waals surface area contributed by atoms with Crippen molar-refractivity contribution in [2.75, 3.05) is 0 Å². The number of primary amides is 1. The standard InChI is InChI=1S/C10H7N3O5/c11-4-6(10(12)16)1-5-2-7(13(17)18)9(15)8(14)3-5/h1-3,14-15H,(H2,12,16)/b6-1-. The van der Waals surface area contributed by atoms with Crippen molar-refractivity contribution in [2.24, 2.45) is 5.73 Å². The second-order valence-electron chi connectivity index (χ2n) is 3.20. The molecule has 0 atom stereocenters.